The smallest absolute Gasteiger partial charge is 0.316 e. The highest BCUT2D eigenvalue weighted by atomic mass is 16.6. The summed E-state index contributed by atoms with van der Waals surface area (Å²) in [5.41, 5.74) is 0.121. The second kappa shape index (κ2) is 10.3. The van der Waals surface area contributed by atoms with E-state index in [1.165, 1.54) is 7.11 Å². The van der Waals surface area contributed by atoms with Gasteiger partial charge in [-0.15, -0.1) is 0 Å². The average Bonchev–Trinajstić information content (AvgIpc) is 2.70. The Bertz CT molecular complexity index is 839. The maximum absolute atomic E-state index is 13.2. The molecule has 0 aliphatic heterocycles. The van der Waals surface area contributed by atoms with Gasteiger partial charge in [-0.3, -0.25) is 9.59 Å². The van der Waals surface area contributed by atoms with Gasteiger partial charge in [0.1, 0.15) is 18.2 Å². The Morgan fingerprint density at radius 3 is 2.60 bits per heavy atom. The summed E-state index contributed by atoms with van der Waals surface area (Å²) >= 11 is 0. The molecule has 30 heavy (non-hydrogen) atoms. The Balaban J connectivity index is 2.50. The van der Waals surface area contributed by atoms with Gasteiger partial charge in [0.25, 0.3) is 0 Å². The zero-order chi connectivity index (χ0) is 22.3. The molecule has 0 fully saturated rings. The van der Waals surface area contributed by atoms with E-state index in [4.69, 9.17) is 14.3 Å². The first-order valence-electron chi connectivity index (χ1n) is 10.3. The Morgan fingerprint density at radius 1 is 1.27 bits per heavy atom. The molecule has 0 radical (unpaired) electrons. The molecule has 1 aromatic rings. The number of esters is 1. The second-order valence-corrected chi connectivity index (χ2v) is 8.13. The van der Waals surface area contributed by atoms with Crippen LogP contribution in [-0.4, -0.2) is 41.1 Å². The summed E-state index contributed by atoms with van der Waals surface area (Å²) in [6.45, 7) is 9.49. The van der Waals surface area contributed by atoms with E-state index < -0.39 is 11.4 Å². The van der Waals surface area contributed by atoms with Gasteiger partial charge in [0.2, 0.25) is 5.88 Å². The number of carbonyl (C=O) groups excluding carboxylic acids is 2. The van der Waals surface area contributed by atoms with Crippen LogP contribution >= 0.6 is 0 Å². The van der Waals surface area contributed by atoms with Gasteiger partial charge in [-0.25, -0.2) is 4.98 Å². The molecular weight excluding hydrogens is 386 g/mol. The number of ether oxygens (including phenoxy) is 2. The lowest BCUT2D eigenvalue weighted by molar-refractivity contribution is -0.149. The van der Waals surface area contributed by atoms with Crippen LogP contribution in [-0.2, 0) is 19.2 Å². The first-order chi connectivity index (χ1) is 14.2. The molecule has 2 rings (SSSR count). The second-order valence-electron chi connectivity index (χ2n) is 8.13. The number of hydrogen-bond donors (Lipinski definition) is 0. The predicted molar refractivity (Wildman–Crippen MR) is 112 cm³/mol. The molecule has 164 valence electrons. The van der Waals surface area contributed by atoms with E-state index in [0.29, 0.717) is 48.2 Å². The number of rotatable bonds is 8. The van der Waals surface area contributed by atoms with Crippen molar-refractivity contribution in [2.45, 2.75) is 66.2 Å². The number of Topliss-reactive ketones (excluding diaryl/α,β-unsaturated/α-hetero) is 1. The molecular formula is C22H31N3O5. The minimum atomic E-state index is -0.720. The SMILES string of the molecule is CCC/C(=N\OCC)C1=C(OC(=O)C(C)(C)C)CC(c2nccc(OC)n2)CC1=O. The van der Waals surface area contributed by atoms with E-state index in [9.17, 15) is 9.59 Å². The van der Waals surface area contributed by atoms with Gasteiger partial charge in [-0.05, 0) is 34.1 Å². The van der Waals surface area contributed by atoms with Crippen molar-refractivity contribution in [2.24, 2.45) is 10.6 Å². The van der Waals surface area contributed by atoms with Gasteiger partial charge in [-0.2, -0.15) is 4.98 Å². The van der Waals surface area contributed by atoms with E-state index in [1.807, 2.05) is 13.8 Å². The van der Waals surface area contributed by atoms with Crippen molar-refractivity contribution in [1.82, 2.24) is 9.97 Å². The molecule has 0 saturated carbocycles. The number of allylic oxidation sites excluding steroid dienone is 2. The van der Waals surface area contributed by atoms with Gasteiger partial charge in [0.15, 0.2) is 5.78 Å². The Kier molecular flexibility index (Phi) is 8.08. The lowest BCUT2D eigenvalue weighted by Gasteiger charge is -2.27. The van der Waals surface area contributed by atoms with Gasteiger partial charge in [0, 0.05) is 31.0 Å². The molecule has 1 aromatic heterocycles. The molecule has 1 atom stereocenters. The summed E-state index contributed by atoms with van der Waals surface area (Å²) in [4.78, 5) is 39.7. The molecule has 1 unspecified atom stereocenters. The summed E-state index contributed by atoms with van der Waals surface area (Å²) in [6.07, 6.45) is 3.40. The number of aromatic nitrogens is 2. The van der Waals surface area contributed by atoms with Crippen molar-refractivity contribution in [3.63, 3.8) is 0 Å². The van der Waals surface area contributed by atoms with Gasteiger partial charge in [0.05, 0.1) is 23.8 Å². The van der Waals surface area contributed by atoms with E-state index in [1.54, 1.807) is 33.0 Å². The normalized spacial score (nSPS) is 17.7. The van der Waals surface area contributed by atoms with Crippen molar-refractivity contribution in [3.8, 4) is 5.88 Å². The number of oxime groups is 1. The van der Waals surface area contributed by atoms with Crippen molar-refractivity contribution < 1.29 is 23.9 Å². The fourth-order valence-corrected chi connectivity index (χ4v) is 3.00. The number of ketones is 1. The third kappa shape index (κ3) is 5.87. The lowest BCUT2D eigenvalue weighted by atomic mass is 9.83. The van der Waals surface area contributed by atoms with Crippen LogP contribution in [0.2, 0.25) is 0 Å². The number of carbonyl (C=O) groups is 2. The van der Waals surface area contributed by atoms with Crippen molar-refractivity contribution in [2.75, 3.05) is 13.7 Å². The van der Waals surface area contributed by atoms with E-state index in [0.717, 1.165) is 6.42 Å². The van der Waals surface area contributed by atoms with Crippen molar-refractivity contribution in [3.05, 3.63) is 29.4 Å². The molecule has 0 bridgehead atoms. The molecule has 0 amide bonds. The molecule has 0 N–H and O–H groups in total. The molecule has 8 nitrogen and oxygen atoms in total. The Labute approximate surface area is 177 Å². The van der Waals surface area contributed by atoms with Crippen molar-refractivity contribution in [1.29, 1.82) is 0 Å². The third-order valence-corrected chi connectivity index (χ3v) is 4.55. The van der Waals surface area contributed by atoms with E-state index in [2.05, 4.69) is 15.1 Å². The molecule has 8 heteroatoms. The van der Waals surface area contributed by atoms with Crippen LogP contribution in [0.3, 0.4) is 0 Å². The summed E-state index contributed by atoms with van der Waals surface area (Å²) in [6, 6.07) is 1.64. The standard InChI is InChI=1S/C22H31N3O5/c1-7-9-15(25-29-8-2)19-16(26)12-14(20-23-11-10-18(24-20)28-6)13-17(19)30-21(27)22(3,4)5/h10-11,14H,7-9,12-13H2,1-6H3/b25-15+. The number of hydrogen-bond acceptors (Lipinski definition) is 8. The highest BCUT2D eigenvalue weighted by Gasteiger charge is 2.36. The summed E-state index contributed by atoms with van der Waals surface area (Å²) in [5.74, 6) is 0.289. The van der Waals surface area contributed by atoms with Crippen LogP contribution in [0.25, 0.3) is 0 Å². The van der Waals surface area contributed by atoms with Crippen LogP contribution in [0.1, 0.15) is 72.0 Å². The fraction of sp³-hybridized carbons (Fsp3) is 0.591. The monoisotopic (exact) mass is 417 g/mol. The Hall–Kier alpha value is -2.77. The van der Waals surface area contributed by atoms with Crippen LogP contribution in [0, 0.1) is 5.41 Å². The summed E-state index contributed by atoms with van der Waals surface area (Å²) in [5, 5.41) is 4.15. The zero-order valence-corrected chi connectivity index (χ0v) is 18.7. The van der Waals surface area contributed by atoms with Crippen molar-refractivity contribution >= 4 is 17.5 Å². The van der Waals surface area contributed by atoms with Crippen LogP contribution in [0.4, 0.5) is 0 Å². The van der Waals surface area contributed by atoms with Crippen LogP contribution < -0.4 is 4.74 Å². The summed E-state index contributed by atoms with van der Waals surface area (Å²) in [7, 11) is 1.52. The van der Waals surface area contributed by atoms with Crippen LogP contribution in [0.15, 0.2) is 28.8 Å². The fourth-order valence-electron chi connectivity index (χ4n) is 3.00. The lowest BCUT2D eigenvalue weighted by Crippen LogP contribution is -2.30. The van der Waals surface area contributed by atoms with Gasteiger partial charge < -0.3 is 14.3 Å². The third-order valence-electron chi connectivity index (χ3n) is 4.55. The largest absolute Gasteiger partial charge is 0.481 e. The molecule has 1 heterocycles. The maximum Gasteiger partial charge on any atom is 0.316 e. The number of nitrogens with zero attached hydrogens (tertiary/aromatic N) is 3. The van der Waals surface area contributed by atoms with Crippen LogP contribution in [0.5, 0.6) is 5.88 Å². The quantitative estimate of drug-likeness (QED) is 0.358. The number of methoxy groups -OCH3 is 1. The minimum Gasteiger partial charge on any atom is -0.481 e. The van der Waals surface area contributed by atoms with Gasteiger partial charge >= 0.3 is 5.97 Å². The van der Waals surface area contributed by atoms with E-state index >= 15 is 0 Å². The molecule has 0 spiro atoms. The topological polar surface area (TPSA) is 100.0 Å². The minimum absolute atomic E-state index is 0.165. The highest BCUT2D eigenvalue weighted by Crippen LogP contribution is 2.36. The summed E-state index contributed by atoms with van der Waals surface area (Å²) < 4.78 is 10.9. The predicted octanol–water partition coefficient (Wildman–Crippen LogP) is 3.97. The maximum atomic E-state index is 13.2. The molecule has 0 saturated heterocycles. The first kappa shape index (κ1) is 23.5. The zero-order valence-electron chi connectivity index (χ0n) is 18.7. The van der Waals surface area contributed by atoms with E-state index in [-0.39, 0.29) is 18.1 Å². The highest BCUT2D eigenvalue weighted by molar-refractivity contribution is 6.23. The molecule has 1 aliphatic rings. The van der Waals surface area contributed by atoms with Gasteiger partial charge in [-0.1, -0.05) is 18.5 Å². The first-order valence-corrected chi connectivity index (χ1v) is 10.3. The molecule has 1 aliphatic carbocycles. The average molecular weight is 418 g/mol. The molecule has 0 aromatic carbocycles. The Morgan fingerprint density at radius 2 is 2.00 bits per heavy atom.